The third-order valence-corrected chi connectivity index (χ3v) is 4.41. The van der Waals surface area contributed by atoms with Gasteiger partial charge in [-0.1, -0.05) is 12.1 Å². The number of hydrogen-bond acceptors (Lipinski definition) is 5. The Labute approximate surface area is 117 Å². The molecule has 0 radical (unpaired) electrons. The van der Waals surface area contributed by atoms with Gasteiger partial charge in [-0.05, 0) is 31.4 Å². The van der Waals surface area contributed by atoms with Crippen LogP contribution in [0.25, 0.3) is 0 Å². The monoisotopic (exact) mass is 296 g/mol. The summed E-state index contributed by atoms with van der Waals surface area (Å²) in [5, 5.41) is 0. The molecule has 0 amide bonds. The highest BCUT2D eigenvalue weighted by Gasteiger charge is 2.28. The molecule has 0 aromatic heterocycles. The summed E-state index contributed by atoms with van der Waals surface area (Å²) in [6.45, 7) is 0. The van der Waals surface area contributed by atoms with Crippen molar-refractivity contribution >= 4 is 21.6 Å². The Morgan fingerprint density at radius 2 is 1.95 bits per heavy atom. The molecule has 0 aliphatic heterocycles. The number of ether oxygens (including phenoxy) is 1. The molecule has 0 unspecified atom stereocenters. The van der Waals surface area contributed by atoms with E-state index < -0.39 is 21.9 Å². The largest absolute Gasteiger partial charge is 0.451 e. The smallest absolute Gasteiger partial charge is 0.340 e. The molecule has 1 aromatic rings. The Morgan fingerprint density at radius 1 is 1.25 bits per heavy atom. The Hall–Kier alpha value is -1.69. The highest BCUT2D eigenvalue weighted by Crippen LogP contribution is 2.21. The molecule has 2 rings (SSSR count). The lowest BCUT2D eigenvalue weighted by Gasteiger charge is -2.21. The summed E-state index contributed by atoms with van der Waals surface area (Å²) in [5.74, 6) is -0.854. The lowest BCUT2D eigenvalue weighted by atomic mass is 9.96. The number of Topliss-reactive ketones (excluding diaryl/α,β-unsaturated/α-hetero) is 1. The summed E-state index contributed by atoms with van der Waals surface area (Å²) in [6, 6.07) is 5.85. The van der Waals surface area contributed by atoms with Gasteiger partial charge in [0.2, 0.25) is 0 Å². The number of hydrogen-bond donors (Lipinski definition) is 0. The first kappa shape index (κ1) is 14.7. The summed E-state index contributed by atoms with van der Waals surface area (Å²) >= 11 is 0. The molecule has 6 heteroatoms. The van der Waals surface area contributed by atoms with E-state index in [1.54, 1.807) is 12.1 Å². The van der Waals surface area contributed by atoms with Crippen molar-refractivity contribution in [3.05, 3.63) is 29.8 Å². The van der Waals surface area contributed by atoms with Crippen molar-refractivity contribution in [2.24, 2.45) is 0 Å². The third-order valence-electron chi connectivity index (χ3n) is 3.25. The van der Waals surface area contributed by atoms with Gasteiger partial charge in [0.1, 0.15) is 0 Å². The molecule has 0 heterocycles. The first-order valence-corrected chi connectivity index (χ1v) is 8.31. The molecule has 0 N–H and O–H groups in total. The van der Waals surface area contributed by atoms with Crippen LogP contribution >= 0.6 is 0 Å². The maximum Gasteiger partial charge on any atom is 0.340 e. The maximum atomic E-state index is 12.1. The van der Waals surface area contributed by atoms with Gasteiger partial charge in [-0.3, -0.25) is 4.79 Å². The van der Waals surface area contributed by atoms with Crippen LogP contribution < -0.4 is 0 Å². The summed E-state index contributed by atoms with van der Waals surface area (Å²) in [4.78, 5) is 23.7. The van der Waals surface area contributed by atoms with Crippen LogP contribution in [0.15, 0.2) is 29.2 Å². The molecule has 5 nitrogen and oxygen atoms in total. The van der Waals surface area contributed by atoms with Crippen LogP contribution in [0.5, 0.6) is 0 Å². The number of benzene rings is 1. The Balaban J connectivity index is 2.24. The third kappa shape index (κ3) is 3.25. The lowest BCUT2D eigenvalue weighted by Crippen LogP contribution is -2.30. The number of esters is 1. The van der Waals surface area contributed by atoms with Crippen LogP contribution in [-0.2, 0) is 19.4 Å². The second-order valence-corrected chi connectivity index (χ2v) is 6.86. The van der Waals surface area contributed by atoms with E-state index in [2.05, 4.69) is 0 Å². The minimum absolute atomic E-state index is 0.0200. The SMILES string of the molecule is CS(=O)(=O)c1ccccc1C(=O)O[C@@H]1CCCCC1=O. The number of sulfone groups is 1. The Morgan fingerprint density at radius 3 is 2.60 bits per heavy atom. The standard InChI is InChI=1S/C14H16O5S/c1-20(17,18)13-9-5-2-6-10(13)14(16)19-12-8-4-3-7-11(12)15/h2,5-6,9,12H,3-4,7-8H2,1H3/t12-/m1/s1. The molecule has 20 heavy (non-hydrogen) atoms. The number of ketones is 1. The van der Waals surface area contributed by atoms with Crippen LogP contribution in [0.4, 0.5) is 0 Å². The molecule has 0 saturated heterocycles. The highest BCUT2D eigenvalue weighted by atomic mass is 32.2. The molecule has 1 saturated carbocycles. The molecule has 1 aliphatic carbocycles. The minimum Gasteiger partial charge on any atom is -0.451 e. The first-order valence-electron chi connectivity index (χ1n) is 6.42. The van der Waals surface area contributed by atoms with E-state index in [0.717, 1.165) is 19.1 Å². The number of rotatable bonds is 3. The van der Waals surface area contributed by atoms with Gasteiger partial charge in [0.05, 0.1) is 10.5 Å². The van der Waals surface area contributed by atoms with Gasteiger partial charge in [0.25, 0.3) is 0 Å². The van der Waals surface area contributed by atoms with E-state index in [1.807, 2.05) is 0 Å². The van der Waals surface area contributed by atoms with Gasteiger partial charge in [0, 0.05) is 12.7 Å². The molecule has 1 fully saturated rings. The van der Waals surface area contributed by atoms with Crippen molar-refractivity contribution in [1.29, 1.82) is 0 Å². The van der Waals surface area contributed by atoms with E-state index in [0.29, 0.717) is 12.8 Å². The minimum atomic E-state index is -3.52. The fraction of sp³-hybridized carbons (Fsp3) is 0.429. The van der Waals surface area contributed by atoms with Crippen LogP contribution in [0.1, 0.15) is 36.0 Å². The topological polar surface area (TPSA) is 77.5 Å². The van der Waals surface area contributed by atoms with Crippen molar-refractivity contribution in [2.75, 3.05) is 6.26 Å². The summed E-state index contributed by atoms with van der Waals surface area (Å²) < 4.78 is 28.5. The second-order valence-electron chi connectivity index (χ2n) is 4.87. The van der Waals surface area contributed by atoms with Gasteiger partial charge < -0.3 is 4.74 Å². The predicted molar refractivity (Wildman–Crippen MR) is 72.2 cm³/mol. The second kappa shape index (κ2) is 5.75. The molecule has 0 bridgehead atoms. The van der Waals surface area contributed by atoms with Crippen molar-refractivity contribution in [2.45, 2.75) is 36.7 Å². The summed E-state index contributed by atoms with van der Waals surface area (Å²) in [6.07, 6.45) is 2.84. The van der Waals surface area contributed by atoms with Crippen molar-refractivity contribution in [1.82, 2.24) is 0 Å². The zero-order chi connectivity index (χ0) is 14.8. The van der Waals surface area contributed by atoms with E-state index >= 15 is 0 Å². The Bertz CT molecular complexity index is 633. The quantitative estimate of drug-likeness (QED) is 0.794. The van der Waals surface area contributed by atoms with Crippen LogP contribution in [-0.4, -0.2) is 32.5 Å². The van der Waals surface area contributed by atoms with Crippen LogP contribution in [0.3, 0.4) is 0 Å². The fourth-order valence-corrected chi connectivity index (χ4v) is 3.10. The molecule has 1 aromatic carbocycles. The normalized spacial score (nSPS) is 19.6. The zero-order valence-electron chi connectivity index (χ0n) is 11.2. The first-order chi connectivity index (χ1) is 9.39. The van der Waals surface area contributed by atoms with Crippen molar-refractivity contribution in [3.8, 4) is 0 Å². The van der Waals surface area contributed by atoms with E-state index in [1.165, 1.54) is 12.1 Å². The van der Waals surface area contributed by atoms with Gasteiger partial charge in [0.15, 0.2) is 21.7 Å². The van der Waals surface area contributed by atoms with E-state index in [-0.39, 0.29) is 16.2 Å². The van der Waals surface area contributed by atoms with Crippen molar-refractivity contribution < 1.29 is 22.7 Å². The van der Waals surface area contributed by atoms with Crippen LogP contribution in [0.2, 0.25) is 0 Å². The molecular weight excluding hydrogens is 280 g/mol. The average Bonchev–Trinajstić information content (AvgIpc) is 2.40. The molecule has 1 atom stereocenters. The molecular formula is C14H16O5S. The van der Waals surface area contributed by atoms with E-state index in [9.17, 15) is 18.0 Å². The summed E-state index contributed by atoms with van der Waals surface area (Å²) in [7, 11) is -3.52. The van der Waals surface area contributed by atoms with Crippen molar-refractivity contribution in [3.63, 3.8) is 0 Å². The number of carbonyl (C=O) groups excluding carboxylic acids is 2. The van der Waals surface area contributed by atoms with Gasteiger partial charge >= 0.3 is 5.97 Å². The average molecular weight is 296 g/mol. The maximum absolute atomic E-state index is 12.1. The molecule has 1 aliphatic rings. The van der Waals surface area contributed by atoms with Gasteiger partial charge in [-0.25, -0.2) is 13.2 Å². The fourth-order valence-electron chi connectivity index (χ4n) is 2.23. The van der Waals surface area contributed by atoms with Gasteiger partial charge in [-0.15, -0.1) is 0 Å². The lowest BCUT2D eigenvalue weighted by molar-refractivity contribution is -0.129. The Kier molecular flexibility index (Phi) is 4.23. The predicted octanol–water partition coefficient (Wildman–Crippen LogP) is 1.76. The van der Waals surface area contributed by atoms with E-state index in [4.69, 9.17) is 4.74 Å². The van der Waals surface area contributed by atoms with Gasteiger partial charge in [-0.2, -0.15) is 0 Å². The zero-order valence-corrected chi connectivity index (χ0v) is 12.0. The highest BCUT2D eigenvalue weighted by molar-refractivity contribution is 7.90. The molecule has 108 valence electrons. The summed E-state index contributed by atoms with van der Waals surface area (Å²) in [5.41, 5.74) is -0.0200. The van der Waals surface area contributed by atoms with Crippen LogP contribution in [0, 0.1) is 0 Å². The number of carbonyl (C=O) groups is 2. The molecule has 0 spiro atoms.